The molecule has 0 aliphatic heterocycles. The molecule has 0 fully saturated rings. The van der Waals surface area contributed by atoms with E-state index in [1.807, 2.05) is 80.6 Å². The third kappa shape index (κ3) is 6.35. The largest absolute Gasteiger partial charge is 0.465 e. The average molecular weight is 393 g/mol. The highest BCUT2D eigenvalue weighted by molar-refractivity contribution is 5.86. The van der Waals surface area contributed by atoms with Gasteiger partial charge in [0.1, 0.15) is 12.6 Å². The van der Waals surface area contributed by atoms with Crippen LogP contribution in [0.15, 0.2) is 60.7 Å². The number of hydrogen-bond donors (Lipinski definition) is 3. The highest BCUT2D eigenvalue weighted by atomic mass is 16.4. The fourth-order valence-electron chi connectivity index (χ4n) is 3.57. The maximum Gasteiger partial charge on any atom is 0.405 e. The SMILES string of the molecule is CC(C)(C(Cc1ccccc1)Cc1ccccc1)C(NC(=O)O)C(=O)NCC#N. The number of nitrogens with one attached hydrogen (secondary N) is 2. The van der Waals surface area contributed by atoms with Crippen molar-refractivity contribution in [2.24, 2.45) is 11.3 Å². The molecule has 6 heteroatoms. The monoisotopic (exact) mass is 393 g/mol. The first-order valence-corrected chi connectivity index (χ1v) is 9.56. The predicted molar refractivity (Wildman–Crippen MR) is 111 cm³/mol. The van der Waals surface area contributed by atoms with Crippen LogP contribution < -0.4 is 10.6 Å². The molecule has 29 heavy (non-hydrogen) atoms. The van der Waals surface area contributed by atoms with Gasteiger partial charge in [-0.25, -0.2) is 4.79 Å². The van der Waals surface area contributed by atoms with Gasteiger partial charge in [-0.3, -0.25) is 4.79 Å². The smallest absolute Gasteiger partial charge is 0.405 e. The van der Waals surface area contributed by atoms with Gasteiger partial charge < -0.3 is 15.7 Å². The number of hydrogen-bond acceptors (Lipinski definition) is 3. The van der Waals surface area contributed by atoms with Crippen molar-refractivity contribution in [2.45, 2.75) is 32.7 Å². The molecule has 0 heterocycles. The van der Waals surface area contributed by atoms with Gasteiger partial charge in [0.15, 0.2) is 0 Å². The number of carbonyl (C=O) groups excluding carboxylic acids is 1. The van der Waals surface area contributed by atoms with Crippen LogP contribution in [0.1, 0.15) is 25.0 Å². The van der Waals surface area contributed by atoms with Gasteiger partial charge in [0, 0.05) is 0 Å². The molecule has 152 valence electrons. The summed E-state index contributed by atoms with van der Waals surface area (Å²) in [5.74, 6) is -0.526. The van der Waals surface area contributed by atoms with Gasteiger partial charge in [-0.15, -0.1) is 0 Å². The Balaban J connectivity index is 2.38. The summed E-state index contributed by atoms with van der Waals surface area (Å²) in [5.41, 5.74) is 1.52. The van der Waals surface area contributed by atoms with Gasteiger partial charge >= 0.3 is 6.09 Å². The molecule has 2 aromatic carbocycles. The van der Waals surface area contributed by atoms with Crippen molar-refractivity contribution in [3.63, 3.8) is 0 Å². The minimum Gasteiger partial charge on any atom is -0.465 e. The van der Waals surface area contributed by atoms with Crippen LogP contribution in [0.3, 0.4) is 0 Å². The molecule has 1 unspecified atom stereocenters. The second-order valence-corrected chi connectivity index (χ2v) is 7.66. The number of amides is 2. The van der Waals surface area contributed by atoms with Crippen molar-refractivity contribution in [3.8, 4) is 6.07 Å². The van der Waals surface area contributed by atoms with Gasteiger partial charge in [-0.2, -0.15) is 5.26 Å². The molecule has 0 aliphatic rings. The van der Waals surface area contributed by atoms with Gasteiger partial charge in [0.2, 0.25) is 5.91 Å². The lowest BCUT2D eigenvalue weighted by molar-refractivity contribution is -0.126. The van der Waals surface area contributed by atoms with Crippen LogP contribution in [-0.4, -0.2) is 29.7 Å². The topological polar surface area (TPSA) is 102 Å². The molecule has 3 N–H and O–H groups in total. The molecular formula is C23H27N3O3. The van der Waals surface area contributed by atoms with Gasteiger partial charge in [-0.05, 0) is 35.3 Å². The molecule has 0 aromatic heterocycles. The van der Waals surface area contributed by atoms with E-state index in [2.05, 4.69) is 10.6 Å². The summed E-state index contributed by atoms with van der Waals surface area (Å²) in [7, 11) is 0. The summed E-state index contributed by atoms with van der Waals surface area (Å²) in [4.78, 5) is 24.1. The van der Waals surface area contributed by atoms with E-state index in [1.54, 1.807) is 0 Å². The van der Waals surface area contributed by atoms with Crippen LogP contribution in [0.2, 0.25) is 0 Å². The van der Waals surface area contributed by atoms with E-state index in [0.29, 0.717) is 12.8 Å². The number of rotatable bonds is 9. The number of nitriles is 1. The zero-order chi connectivity index (χ0) is 21.3. The zero-order valence-electron chi connectivity index (χ0n) is 16.8. The summed E-state index contributed by atoms with van der Waals surface area (Å²) >= 11 is 0. The lowest BCUT2D eigenvalue weighted by atomic mass is 9.68. The molecule has 0 bridgehead atoms. The molecule has 0 spiro atoms. The quantitative estimate of drug-likeness (QED) is 0.568. The van der Waals surface area contributed by atoms with E-state index in [-0.39, 0.29) is 12.5 Å². The average Bonchev–Trinajstić information content (AvgIpc) is 2.71. The van der Waals surface area contributed by atoms with E-state index in [4.69, 9.17) is 5.26 Å². The second kappa shape index (κ2) is 10.3. The minimum atomic E-state index is -1.27. The lowest BCUT2D eigenvalue weighted by Gasteiger charge is -2.40. The normalized spacial score (nSPS) is 12.1. The van der Waals surface area contributed by atoms with Crippen LogP contribution in [0, 0.1) is 22.7 Å². The van der Waals surface area contributed by atoms with Crippen molar-refractivity contribution >= 4 is 12.0 Å². The number of carboxylic acid groups (broad SMARTS) is 1. The van der Waals surface area contributed by atoms with Crippen LogP contribution in [0.4, 0.5) is 4.79 Å². The third-order valence-corrected chi connectivity index (χ3v) is 5.32. The summed E-state index contributed by atoms with van der Waals surface area (Å²) in [6, 6.07) is 20.8. The zero-order valence-corrected chi connectivity index (χ0v) is 16.8. The summed E-state index contributed by atoms with van der Waals surface area (Å²) in [5, 5.41) is 23.0. The Labute approximate surface area is 171 Å². The van der Waals surface area contributed by atoms with Crippen molar-refractivity contribution in [1.82, 2.24) is 10.6 Å². The molecule has 0 saturated carbocycles. The molecule has 6 nitrogen and oxygen atoms in total. The molecule has 0 radical (unpaired) electrons. The van der Waals surface area contributed by atoms with Crippen LogP contribution in [-0.2, 0) is 17.6 Å². The van der Waals surface area contributed by atoms with Crippen molar-refractivity contribution in [2.75, 3.05) is 6.54 Å². The Morgan fingerprint density at radius 1 is 1.00 bits per heavy atom. The summed E-state index contributed by atoms with van der Waals surface area (Å²) < 4.78 is 0. The Hall–Kier alpha value is -3.33. The second-order valence-electron chi connectivity index (χ2n) is 7.66. The highest BCUT2D eigenvalue weighted by Crippen LogP contribution is 2.36. The highest BCUT2D eigenvalue weighted by Gasteiger charge is 2.42. The summed E-state index contributed by atoms with van der Waals surface area (Å²) in [6.45, 7) is 3.63. The fraction of sp³-hybridized carbons (Fsp3) is 0.348. The van der Waals surface area contributed by atoms with E-state index >= 15 is 0 Å². The molecule has 0 aliphatic carbocycles. The van der Waals surface area contributed by atoms with Crippen LogP contribution in [0.25, 0.3) is 0 Å². The Kier molecular flexibility index (Phi) is 7.79. The maximum absolute atomic E-state index is 12.7. The number of benzene rings is 2. The maximum atomic E-state index is 12.7. The molecule has 2 amide bonds. The predicted octanol–water partition coefficient (Wildman–Crippen LogP) is 3.39. The molecular weight excluding hydrogens is 366 g/mol. The first-order chi connectivity index (χ1) is 13.8. The Bertz CT molecular complexity index is 803. The van der Waals surface area contributed by atoms with E-state index < -0.39 is 23.5 Å². The Morgan fingerprint density at radius 3 is 1.90 bits per heavy atom. The molecule has 2 rings (SSSR count). The first-order valence-electron chi connectivity index (χ1n) is 9.56. The number of carbonyl (C=O) groups is 2. The lowest BCUT2D eigenvalue weighted by Crippen LogP contribution is -2.57. The van der Waals surface area contributed by atoms with Gasteiger partial charge in [0.25, 0.3) is 0 Å². The van der Waals surface area contributed by atoms with Crippen molar-refractivity contribution in [1.29, 1.82) is 5.26 Å². The molecule has 1 atom stereocenters. The fourth-order valence-corrected chi connectivity index (χ4v) is 3.57. The van der Waals surface area contributed by atoms with E-state index in [0.717, 1.165) is 11.1 Å². The third-order valence-electron chi connectivity index (χ3n) is 5.32. The van der Waals surface area contributed by atoms with Crippen LogP contribution in [0.5, 0.6) is 0 Å². The van der Waals surface area contributed by atoms with E-state index in [9.17, 15) is 14.7 Å². The Morgan fingerprint density at radius 2 is 1.48 bits per heavy atom. The minimum absolute atomic E-state index is 0.0306. The first kappa shape index (κ1) is 22.0. The van der Waals surface area contributed by atoms with Gasteiger partial charge in [-0.1, -0.05) is 74.5 Å². The van der Waals surface area contributed by atoms with Crippen molar-refractivity contribution < 1.29 is 14.7 Å². The van der Waals surface area contributed by atoms with Gasteiger partial charge in [0.05, 0.1) is 6.07 Å². The summed E-state index contributed by atoms with van der Waals surface area (Å²) in [6.07, 6.45) is 0.103. The molecule has 2 aromatic rings. The van der Waals surface area contributed by atoms with Crippen molar-refractivity contribution in [3.05, 3.63) is 71.8 Å². The van der Waals surface area contributed by atoms with E-state index in [1.165, 1.54) is 0 Å². The number of nitrogens with zero attached hydrogens (tertiary/aromatic N) is 1. The molecule has 0 saturated heterocycles. The van der Waals surface area contributed by atoms with Crippen LogP contribution >= 0.6 is 0 Å². The standard InChI is InChI=1S/C23H27N3O3/c1-23(2,20(26-22(28)29)21(27)25-14-13-24)19(15-17-9-5-3-6-10-17)16-18-11-7-4-8-12-18/h3-12,19-20,26H,14-16H2,1-2H3,(H,25,27)(H,28,29).